The first kappa shape index (κ1) is 9.75. The van der Waals surface area contributed by atoms with Crippen LogP contribution in [0.3, 0.4) is 0 Å². The highest BCUT2D eigenvalue weighted by molar-refractivity contribution is 5.66. The number of ether oxygens (including phenoxy) is 1. The summed E-state index contributed by atoms with van der Waals surface area (Å²) >= 11 is 0. The molecule has 1 unspecified atom stereocenters. The number of hydrogen-bond donors (Lipinski definition) is 0. The van der Waals surface area contributed by atoms with Crippen LogP contribution in [0.5, 0.6) is 0 Å². The molecular weight excluding hydrogens is 176 g/mol. The van der Waals surface area contributed by atoms with E-state index in [1.807, 2.05) is 0 Å². The molecule has 2 rings (SSSR count). The van der Waals surface area contributed by atoms with E-state index in [-0.39, 0.29) is 12.1 Å². The van der Waals surface area contributed by atoms with Crippen LogP contribution in [0.2, 0.25) is 0 Å². The van der Waals surface area contributed by atoms with Crippen molar-refractivity contribution >= 4 is 5.97 Å². The fraction of sp³-hybridized carbons (Fsp3) is 0.750. The SMILES string of the molecule is C=C1C2C[C@@]2(C(C)C)C[C@@H]1OC(C)=O. The van der Waals surface area contributed by atoms with Crippen molar-refractivity contribution < 1.29 is 9.53 Å². The summed E-state index contributed by atoms with van der Waals surface area (Å²) in [5.41, 5.74) is 1.56. The van der Waals surface area contributed by atoms with Crippen LogP contribution < -0.4 is 0 Å². The third kappa shape index (κ3) is 1.20. The first-order valence-corrected chi connectivity index (χ1v) is 5.33. The van der Waals surface area contributed by atoms with E-state index in [1.165, 1.54) is 13.3 Å². The van der Waals surface area contributed by atoms with Gasteiger partial charge in [-0.3, -0.25) is 4.79 Å². The van der Waals surface area contributed by atoms with Crippen LogP contribution >= 0.6 is 0 Å². The van der Waals surface area contributed by atoms with Gasteiger partial charge in [0.2, 0.25) is 0 Å². The van der Waals surface area contributed by atoms with Crippen molar-refractivity contribution in [1.29, 1.82) is 0 Å². The zero-order valence-corrected chi connectivity index (χ0v) is 9.17. The summed E-state index contributed by atoms with van der Waals surface area (Å²) in [6.07, 6.45) is 2.24. The first-order valence-electron chi connectivity index (χ1n) is 5.33. The molecule has 0 heterocycles. The molecule has 2 fully saturated rings. The average Bonchev–Trinajstić information content (AvgIpc) is 2.71. The molecule has 78 valence electrons. The first-order chi connectivity index (χ1) is 6.47. The number of carbonyl (C=O) groups excluding carboxylic acids is 1. The number of esters is 1. The van der Waals surface area contributed by atoms with E-state index in [2.05, 4.69) is 20.4 Å². The van der Waals surface area contributed by atoms with Gasteiger partial charge in [0, 0.05) is 6.92 Å². The van der Waals surface area contributed by atoms with Crippen LogP contribution in [-0.2, 0) is 9.53 Å². The Kier molecular flexibility index (Phi) is 1.98. The van der Waals surface area contributed by atoms with Crippen LogP contribution in [0.4, 0.5) is 0 Å². The van der Waals surface area contributed by atoms with Crippen LogP contribution in [0.15, 0.2) is 12.2 Å². The molecule has 14 heavy (non-hydrogen) atoms. The Bertz CT molecular complexity index is 293. The quantitative estimate of drug-likeness (QED) is 0.499. The zero-order chi connectivity index (χ0) is 10.5. The Balaban J connectivity index is 2.07. The highest BCUT2D eigenvalue weighted by Gasteiger charge is 2.64. The molecule has 2 aliphatic rings. The minimum atomic E-state index is -0.184. The third-order valence-electron chi connectivity index (χ3n) is 4.00. The van der Waals surface area contributed by atoms with Crippen LogP contribution in [0, 0.1) is 17.3 Å². The molecule has 0 radical (unpaired) electrons. The summed E-state index contributed by atoms with van der Waals surface area (Å²) in [4.78, 5) is 10.9. The molecule has 2 nitrogen and oxygen atoms in total. The van der Waals surface area contributed by atoms with Crippen LogP contribution in [0.1, 0.15) is 33.6 Å². The fourth-order valence-electron chi connectivity index (χ4n) is 2.94. The van der Waals surface area contributed by atoms with Crippen molar-refractivity contribution in [2.45, 2.75) is 39.7 Å². The monoisotopic (exact) mass is 194 g/mol. The maximum absolute atomic E-state index is 10.9. The number of hydrogen-bond acceptors (Lipinski definition) is 2. The molecular formula is C12H18O2. The lowest BCUT2D eigenvalue weighted by Crippen LogP contribution is -2.19. The zero-order valence-electron chi connectivity index (χ0n) is 9.17. The van der Waals surface area contributed by atoms with Crippen molar-refractivity contribution in [3.8, 4) is 0 Å². The van der Waals surface area contributed by atoms with Crippen LogP contribution in [0.25, 0.3) is 0 Å². The van der Waals surface area contributed by atoms with E-state index in [4.69, 9.17) is 4.74 Å². The molecule has 2 saturated carbocycles. The number of rotatable bonds is 2. The highest BCUT2D eigenvalue weighted by Crippen LogP contribution is 2.69. The Morgan fingerprint density at radius 3 is 2.64 bits per heavy atom. The summed E-state index contributed by atoms with van der Waals surface area (Å²) in [7, 11) is 0. The molecule has 0 N–H and O–H groups in total. The molecule has 0 aromatic heterocycles. The lowest BCUT2D eigenvalue weighted by molar-refractivity contribution is -0.144. The van der Waals surface area contributed by atoms with E-state index < -0.39 is 0 Å². The third-order valence-corrected chi connectivity index (χ3v) is 4.00. The van der Waals surface area contributed by atoms with Gasteiger partial charge in [-0.15, -0.1) is 0 Å². The summed E-state index contributed by atoms with van der Waals surface area (Å²) in [6.45, 7) is 10.0. The van der Waals surface area contributed by atoms with Gasteiger partial charge < -0.3 is 4.74 Å². The topological polar surface area (TPSA) is 26.3 Å². The largest absolute Gasteiger partial charge is 0.458 e. The maximum Gasteiger partial charge on any atom is 0.303 e. The molecule has 0 aromatic rings. The molecule has 0 aromatic carbocycles. The van der Waals surface area contributed by atoms with Gasteiger partial charge in [0.05, 0.1) is 0 Å². The van der Waals surface area contributed by atoms with E-state index in [0.29, 0.717) is 17.3 Å². The van der Waals surface area contributed by atoms with Gasteiger partial charge in [-0.05, 0) is 35.7 Å². The van der Waals surface area contributed by atoms with Crippen molar-refractivity contribution in [3.05, 3.63) is 12.2 Å². The molecule has 2 aliphatic carbocycles. The van der Waals surface area contributed by atoms with Crippen molar-refractivity contribution in [1.82, 2.24) is 0 Å². The van der Waals surface area contributed by atoms with Gasteiger partial charge >= 0.3 is 5.97 Å². The second-order valence-electron chi connectivity index (χ2n) is 5.02. The second-order valence-corrected chi connectivity index (χ2v) is 5.02. The summed E-state index contributed by atoms with van der Waals surface area (Å²) in [6, 6.07) is 0. The minimum Gasteiger partial charge on any atom is -0.458 e. The van der Waals surface area contributed by atoms with Gasteiger partial charge in [-0.2, -0.15) is 0 Å². The van der Waals surface area contributed by atoms with Gasteiger partial charge in [-0.25, -0.2) is 0 Å². The predicted octanol–water partition coefficient (Wildman–Crippen LogP) is 2.54. The smallest absolute Gasteiger partial charge is 0.303 e. The Morgan fingerprint density at radius 1 is 1.57 bits per heavy atom. The van der Waals surface area contributed by atoms with E-state index in [0.717, 1.165) is 12.0 Å². The molecule has 0 spiro atoms. The van der Waals surface area contributed by atoms with Crippen molar-refractivity contribution in [3.63, 3.8) is 0 Å². The Labute approximate surface area is 85.3 Å². The van der Waals surface area contributed by atoms with Gasteiger partial charge in [0.25, 0.3) is 0 Å². The molecule has 0 bridgehead atoms. The standard InChI is InChI=1S/C12H18O2/c1-7(2)12-5-10(12)8(3)11(6-12)14-9(4)13/h7,10-11H,3,5-6H2,1-2,4H3/t10?,11-,12-/m0/s1. The highest BCUT2D eigenvalue weighted by atomic mass is 16.5. The van der Waals surface area contributed by atoms with Gasteiger partial charge in [0.1, 0.15) is 6.10 Å². The predicted molar refractivity (Wildman–Crippen MR) is 54.7 cm³/mol. The summed E-state index contributed by atoms with van der Waals surface area (Å²) in [5.74, 6) is 1.10. The lowest BCUT2D eigenvalue weighted by Gasteiger charge is -2.19. The minimum absolute atomic E-state index is 0.00588. The number of carbonyl (C=O) groups is 1. The van der Waals surface area contributed by atoms with Crippen LogP contribution in [-0.4, -0.2) is 12.1 Å². The molecule has 0 aliphatic heterocycles. The molecule has 2 heteroatoms. The lowest BCUT2D eigenvalue weighted by atomic mass is 9.89. The molecule has 0 amide bonds. The summed E-state index contributed by atoms with van der Waals surface area (Å²) < 4.78 is 5.26. The second kappa shape index (κ2) is 2.85. The maximum atomic E-state index is 10.9. The van der Waals surface area contributed by atoms with Crippen molar-refractivity contribution in [2.75, 3.05) is 0 Å². The average molecular weight is 194 g/mol. The number of fused-ring (bicyclic) bond motifs is 1. The normalized spacial score (nSPS) is 39.9. The van der Waals surface area contributed by atoms with E-state index >= 15 is 0 Å². The summed E-state index contributed by atoms with van der Waals surface area (Å²) in [5, 5.41) is 0. The molecule has 3 atom stereocenters. The van der Waals surface area contributed by atoms with Gasteiger partial charge in [0.15, 0.2) is 0 Å². The fourth-order valence-corrected chi connectivity index (χ4v) is 2.94. The Hall–Kier alpha value is -0.790. The van der Waals surface area contributed by atoms with E-state index in [9.17, 15) is 4.79 Å². The molecule has 0 saturated heterocycles. The Morgan fingerprint density at radius 2 is 2.21 bits per heavy atom. The van der Waals surface area contributed by atoms with E-state index in [1.54, 1.807) is 0 Å². The van der Waals surface area contributed by atoms with Crippen molar-refractivity contribution in [2.24, 2.45) is 17.3 Å². The van der Waals surface area contributed by atoms with Gasteiger partial charge in [-0.1, -0.05) is 20.4 Å².